The summed E-state index contributed by atoms with van der Waals surface area (Å²) in [4.78, 5) is 38.8. The fraction of sp³-hybridized carbons (Fsp3) is 0.167. The monoisotopic (exact) mass is 355 g/mol. The summed E-state index contributed by atoms with van der Waals surface area (Å²) in [6.07, 6.45) is 0. The van der Waals surface area contributed by atoms with Crippen LogP contribution in [0, 0.1) is 6.92 Å². The molecular formula is C18H15N2O4S-. The van der Waals surface area contributed by atoms with Crippen molar-refractivity contribution in [2.75, 3.05) is 16.3 Å². The first-order chi connectivity index (χ1) is 12.0. The van der Waals surface area contributed by atoms with Crippen LogP contribution in [0.5, 0.6) is 0 Å². The number of aliphatic carboxylic acids is 1. The van der Waals surface area contributed by atoms with Crippen LogP contribution in [-0.2, 0) is 9.59 Å². The molecule has 1 fully saturated rings. The Morgan fingerprint density at radius 3 is 2.36 bits per heavy atom. The second-order valence-corrected chi connectivity index (χ2v) is 6.61. The standard InChI is InChI=1S/C18H16N2O4S/c1-12-7-9-14(10-8-12)20-16(23)17(25-18(20)24)19(11-15(21)22)13-5-3-2-4-6-13/h2-10,17H,11H2,1H3,(H,21,22)/p-1/t17-/m1/s1. The van der Waals surface area contributed by atoms with E-state index in [0.717, 1.165) is 22.2 Å². The van der Waals surface area contributed by atoms with Gasteiger partial charge in [-0.15, -0.1) is 0 Å². The van der Waals surface area contributed by atoms with Crippen molar-refractivity contribution in [3.05, 3.63) is 60.2 Å². The van der Waals surface area contributed by atoms with E-state index >= 15 is 0 Å². The van der Waals surface area contributed by atoms with Crippen molar-refractivity contribution >= 4 is 40.3 Å². The van der Waals surface area contributed by atoms with E-state index in [4.69, 9.17) is 0 Å². The molecule has 0 N–H and O–H groups in total. The average Bonchev–Trinajstić information content (AvgIpc) is 2.89. The number of carboxylic acids is 1. The predicted octanol–water partition coefficient (Wildman–Crippen LogP) is 1.78. The number of para-hydroxylation sites is 1. The molecule has 1 heterocycles. The number of nitrogens with zero attached hydrogens (tertiary/aromatic N) is 2. The van der Waals surface area contributed by atoms with Gasteiger partial charge < -0.3 is 14.8 Å². The number of benzene rings is 2. The number of amides is 2. The third-order valence-corrected chi connectivity index (χ3v) is 4.85. The fourth-order valence-corrected chi connectivity index (χ4v) is 3.61. The van der Waals surface area contributed by atoms with Crippen LogP contribution >= 0.6 is 11.8 Å². The maximum absolute atomic E-state index is 12.8. The van der Waals surface area contributed by atoms with Gasteiger partial charge in [-0.3, -0.25) is 9.59 Å². The van der Waals surface area contributed by atoms with Crippen molar-refractivity contribution in [3.63, 3.8) is 0 Å². The van der Waals surface area contributed by atoms with E-state index < -0.39 is 29.0 Å². The number of anilines is 2. The molecule has 0 bridgehead atoms. The molecule has 2 aromatic carbocycles. The molecule has 1 saturated heterocycles. The minimum absolute atomic E-state index is 0.432. The molecule has 6 nitrogen and oxygen atoms in total. The number of rotatable bonds is 5. The van der Waals surface area contributed by atoms with Gasteiger partial charge in [-0.05, 0) is 43.0 Å². The largest absolute Gasteiger partial charge is 0.548 e. The number of hydrogen-bond acceptors (Lipinski definition) is 6. The Hall–Kier alpha value is -2.80. The maximum Gasteiger partial charge on any atom is 0.295 e. The third-order valence-electron chi connectivity index (χ3n) is 3.79. The smallest absolute Gasteiger partial charge is 0.295 e. The number of carbonyl (C=O) groups is 3. The van der Waals surface area contributed by atoms with E-state index in [1.54, 1.807) is 42.5 Å². The molecule has 1 aliphatic heterocycles. The van der Waals surface area contributed by atoms with Crippen molar-refractivity contribution in [3.8, 4) is 0 Å². The summed E-state index contributed by atoms with van der Waals surface area (Å²) in [5.74, 6) is -1.79. The zero-order valence-electron chi connectivity index (χ0n) is 13.4. The van der Waals surface area contributed by atoms with Gasteiger partial charge in [-0.1, -0.05) is 35.9 Å². The number of imide groups is 1. The van der Waals surface area contributed by atoms with Crippen LogP contribution in [0.4, 0.5) is 16.2 Å². The molecule has 0 unspecified atom stereocenters. The Kier molecular flexibility index (Phi) is 4.76. The molecular weight excluding hydrogens is 340 g/mol. The van der Waals surface area contributed by atoms with Gasteiger partial charge in [0.25, 0.3) is 11.1 Å². The first kappa shape index (κ1) is 17.0. The van der Waals surface area contributed by atoms with Crippen molar-refractivity contribution in [2.24, 2.45) is 0 Å². The lowest BCUT2D eigenvalue weighted by Gasteiger charge is -2.29. The van der Waals surface area contributed by atoms with E-state index in [2.05, 4.69) is 0 Å². The zero-order chi connectivity index (χ0) is 18.0. The minimum Gasteiger partial charge on any atom is -0.548 e. The highest BCUT2D eigenvalue weighted by atomic mass is 32.2. The van der Waals surface area contributed by atoms with Crippen molar-refractivity contribution in [1.29, 1.82) is 0 Å². The summed E-state index contributed by atoms with van der Waals surface area (Å²) >= 11 is 0.798. The van der Waals surface area contributed by atoms with Gasteiger partial charge >= 0.3 is 0 Å². The Morgan fingerprint density at radius 1 is 1.12 bits per heavy atom. The van der Waals surface area contributed by atoms with E-state index in [1.165, 1.54) is 4.90 Å². The first-order valence-corrected chi connectivity index (χ1v) is 8.48. The molecule has 1 atom stereocenters. The minimum atomic E-state index is -1.32. The average molecular weight is 355 g/mol. The second kappa shape index (κ2) is 6.98. The van der Waals surface area contributed by atoms with Crippen LogP contribution in [0.2, 0.25) is 0 Å². The number of carbonyl (C=O) groups excluding carboxylic acids is 3. The number of hydrogen-bond donors (Lipinski definition) is 0. The highest BCUT2D eigenvalue weighted by Crippen LogP contribution is 2.35. The summed E-state index contributed by atoms with van der Waals surface area (Å²) in [5.41, 5.74) is 2.02. The van der Waals surface area contributed by atoms with Gasteiger partial charge in [-0.2, -0.15) is 0 Å². The number of carboxylic acid groups (broad SMARTS) is 1. The Labute approximate surface area is 149 Å². The molecule has 2 aromatic rings. The highest BCUT2D eigenvalue weighted by molar-refractivity contribution is 8.16. The van der Waals surface area contributed by atoms with E-state index in [0.29, 0.717) is 11.4 Å². The maximum atomic E-state index is 12.8. The van der Waals surface area contributed by atoms with Gasteiger partial charge in [0.15, 0.2) is 5.37 Å². The van der Waals surface area contributed by atoms with E-state index in [-0.39, 0.29) is 0 Å². The SMILES string of the molecule is Cc1ccc(N2C(=O)S[C@@H](N(CC(=O)[O-])c3ccccc3)C2=O)cc1. The van der Waals surface area contributed by atoms with Gasteiger partial charge in [-0.25, -0.2) is 4.90 Å². The lowest BCUT2D eigenvalue weighted by molar-refractivity contribution is -0.303. The Bertz CT molecular complexity index is 808. The van der Waals surface area contributed by atoms with Crippen LogP contribution in [0.1, 0.15) is 5.56 Å². The van der Waals surface area contributed by atoms with Crippen molar-refractivity contribution in [1.82, 2.24) is 0 Å². The summed E-state index contributed by atoms with van der Waals surface area (Å²) in [5, 5.41) is 9.76. The fourth-order valence-electron chi connectivity index (χ4n) is 2.59. The molecule has 25 heavy (non-hydrogen) atoms. The topological polar surface area (TPSA) is 80.8 Å². The number of aryl methyl sites for hydroxylation is 1. The molecule has 0 saturated carbocycles. The van der Waals surface area contributed by atoms with E-state index in [1.807, 2.05) is 19.1 Å². The Balaban J connectivity index is 1.93. The summed E-state index contributed by atoms with van der Waals surface area (Å²) in [7, 11) is 0. The second-order valence-electron chi connectivity index (χ2n) is 5.58. The number of thioether (sulfide) groups is 1. The van der Waals surface area contributed by atoms with Crippen LogP contribution in [0.3, 0.4) is 0 Å². The molecule has 7 heteroatoms. The van der Waals surface area contributed by atoms with Gasteiger partial charge in [0.2, 0.25) is 0 Å². The molecule has 3 rings (SSSR count). The summed E-state index contributed by atoms with van der Waals surface area (Å²) < 4.78 is 0. The normalized spacial score (nSPS) is 17.0. The Morgan fingerprint density at radius 2 is 1.76 bits per heavy atom. The lowest BCUT2D eigenvalue weighted by atomic mass is 10.2. The van der Waals surface area contributed by atoms with Crippen molar-refractivity contribution < 1.29 is 19.5 Å². The highest BCUT2D eigenvalue weighted by Gasteiger charge is 2.44. The van der Waals surface area contributed by atoms with E-state index in [9.17, 15) is 19.5 Å². The first-order valence-electron chi connectivity index (χ1n) is 7.60. The third kappa shape index (κ3) is 3.51. The molecule has 2 amide bonds. The molecule has 128 valence electrons. The zero-order valence-corrected chi connectivity index (χ0v) is 14.2. The molecule has 0 aliphatic carbocycles. The van der Waals surface area contributed by atoms with Crippen molar-refractivity contribution in [2.45, 2.75) is 12.3 Å². The van der Waals surface area contributed by atoms with Crippen LogP contribution < -0.4 is 14.9 Å². The molecule has 0 radical (unpaired) electrons. The quantitative estimate of drug-likeness (QED) is 0.813. The molecule has 0 aromatic heterocycles. The molecule has 0 spiro atoms. The summed E-state index contributed by atoms with van der Waals surface area (Å²) in [6, 6.07) is 15.6. The lowest BCUT2D eigenvalue weighted by Crippen LogP contribution is -2.47. The van der Waals surface area contributed by atoms with Crippen LogP contribution in [0.15, 0.2) is 54.6 Å². The molecule has 1 aliphatic rings. The van der Waals surface area contributed by atoms with Gasteiger partial charge in [0.1, 0.15) is 0 Å². The van der Waals surface area contributed by atoms with Gasteiger partial charge in [0, 0.05) is 5.69 Å². The van der Waals surface area contributed by atoms with Crippen LogP contribution in [-0.4, -0.2) is 29.0 Å². The van der Waals surface area contributed by atoms with Gasteiger partial charge in [0.05, 0.1) is 18.2 Å². The summed E-state index contributed by atoms with van der Waals surface area (Å²) in [6.45, 7) is 1.42. The predicted molar refractivity (Wildman–Crippen MR) is 94.2 cm³/mol. The van der Waals surface area contributed by atoms with Crippen LogP contribution in [0.25, 0.3) is 0 Å².